The molecule has 3 saturated heterocycles. The van der Waals surface area contributed by atoms with Crippen LogP contribution in [0.25, 0.3) is 5.65 Å². The van der Waals surface area contributed by atoms with Crippen LogP contribution in [0.1, 0.15) is 24.4 Å². The predicted molar refractivity (Wildman–Crippen MR) is 98.0 cm³/mol. The summed E-state index contributed by atoms with van der Waals surface area (Å²) < 4.78 is 35.3. The van der Waals surface area contributed by atoms with E-state index in [4.69, 9.17) is 4.74 Å². The predicted octanol–water partition coefficient (Wildman–Crippen LogP) is 2.29. The average molecular weight is 397 g/mol. The summed E-state index contributed by atoms with van der Waals surface area (Å²) in [6.45, 7) is 0.810. The maximum Gasteiger partial charge on any atom is 0.261 e. The second-order valence-corrected chi connectivity index (χ2v) is 7.85. The molecule has 1 aromatic carbocycles. The van der Waals surface area contributed by atoms with Crippen LogP contribution < -0.4 is 4.90 Å². The zero-order chi connectivity index (χ0) is 19.8. The standard InChI is InChI=1S/C20H17F2N5O2/c21-13-6-12(7-14(22)8-13)15-4-5-18-26(15)19(28)20(29-18)9-25(10-20)17-3-1-2-16-23-11-24-27(16)17/h1-3,6-8,11,15,18H,4-5,9-10H2/t15-,18+/m0/s1. The third kappa shape index (κ3) is 2.33. The van der Waals surface area contributed by atoms with E-state index < -0.39 is 17.2 Å². The van der Waals surface area contributed by atoms with E-state index in [-0.39, 0.29) is 18.2 Å². The Balaban J connectivity index is 1.27. The van der Waals surface area contributed by atoms with Gasteiger partial charge in [0.2, 0.25) is 0 Å². The molecular weight excluding hydrogens is 380 g/mol. The number of rotatable bonds is 2. The van der Waals surface area contributed by atoms with Crippen molar-refractivity contribution < 1.29 is 18.3 Å². The normalized spacial score (nSPS) is 25.1. The number of aromatic nitrogens is 3. The fourth-order valence-electron chi connectivity index (χ4n) is 4.82. The van der Waals surface area contributed by atoms with Crippen LogP contribution in [-0.2, 0) is 9.53 Å². The third-order valence-corrected chi connectivity index (χ3v) is 6.09. The number of carbonyl (C=O) groups is 1. The third-order valence-electron chi connectivity index (χ3n) is 6.09. The molecule has 29 heavy (non-hydrogen) atoms. The maximum absolute atomic E-state index is 13.7. The monoisotopic (exact) mass is 397 g/mol. The molecule has 1 spiro atoms. The van der Waals surface area contributed by atoms with Gasteiger partial charge in [0.25, 0.3) is 5.91 Å². The van der Waals surface area contributed by atoms with Gasteiger partial charge in [-0.05, 0) is 42.7 Å². The first kappa shape index (κ1) is 16.8. The van der Waals surface area contributed by atoms with Gasteiger partial charge >= 0.3 is 0 Å². The van der Waals surface area contributed by atoms with E-state index in [2.05, 4.69) is 10.1 Å². The van der Waals surface area contributed by atoms with E-state index in [1.165, 1.54) is 18.5 Å². The smallest absolute Gasteiger partial charge is 0.261 e. The molecular formula is C20H17F2N5O2. The molecule has 2 aromatic heterocycles. The van der Waals surface area contributed by atoms with E-state index in [1.807, 2.05) is 23.1 Å². The minimum Gasteiger partial charge on any atom is -0.349 e. The molecule has 1 amide bonds. The molecule has 2 atom stereocenters. The van der Waals surface area contributed by atoms with Gasteiger partial charge in [0.05, 0.1) is 19.1 Å². The number of benzene rings is 1. The van der Waals surface area contributed by atoms with Crippen LogP contribution in [-0.4, -0.2) is 50.3 Å². The summed E-state index contributed by atoms with van der Waals surface area (Å²) in [5, 5.41) is 4.24. The summed E-state index contributed by atoms with van der Waals surface area (Å²) in [5.74, 6) is -0.544. The Labute approximate surface area is 164 Å². The van der Waals surface area contributed by atoms with Crippen molar-refractivity contribution in [1.29, 1.82) is 0 Å². The lowest BCUT2D eigenvalue weighted by molar-refractivity contribution is -0.140. The van der Waals surface area contributed by atoms with Crippen LogP contribution in [0.2, 0.25) is 0 Å². The highest BCUT2D eigenvalue weighted by Gasteiger charge is 2.63. The Kier molecular flexibility index (Phi) is 3.33. The number of amides is 1. The van der Waals surface area contributed by atoms with Crippen molar-refractivity contribution in [2.45, 2.75) is 30.7 Å². The van der Waals surface area contributed by atoms with Crippen molar-refractivity contribution in [3.05, 3.63) is 59.9 Å². The Morgan fingerprint density at radius 3 is 2.69 bits per heavy atom. The molecule has 0 unspecified atom stereocenters. The number of hydrogen-bond donors (Lipinski definition) is 0. The van der Waals surface area contributed by atoms with Crippen molar-refractivity contribution in [3.63, 3.8) is 0 Å². The van der Waals surface area contributed by atoms with Gasteiger partial charge < -0.3 is 14.5 Å². The van der Waals surface area contributed by atoms with Crippen LogP contribution in [0, 0.1) is 11.6 Å². The van der Waals surface area contributed by atoms with Crippen LogP contribution in [0.4, 0.5) is 14.6 Å². The second kappa shape index (κ2) is 5.73. The number of ether oxygens (including phenoxy) is 1. The van der Waals surface area contributed by atoms with Gasteiger partial charge in [-0.1, -0.05) is 6.07 Å². The van der Waals surface area contributed by atoms with Crippen molar-refractivity contribution in [2.24, 2.45) is 0 Å². The van der Waals surface area contributed by atoms with Gasteiger partial charge in [0.1, 0.15) is 30.0 Å². The summed E-state index contributed by atoms with van der Waals surface area (Å²) in [7, 11) is 0. The summed E-state index contributed by atoms with van der Waals surface area (Å²) in [6.07, 6.45) is 2.40. The molecule has 0 radical (unpaired) electrons. The summed E-state index contributed by atoms with van der Waals surface area (Å²) >= 11 is 0. The molecule has 3 aliphatic rings. The van der Waals surface area contributed by atoms with Gasteiger partial charge in [0.15, 0.2) is 11.2 Å². The molecule has 6 rings (SSSR count). The molecule has 3 aromatic rings. The van der Waals surface area contributed by atoms with Crippen molar-refractivity contribution in [2.75, 3.05) is 18.0 Å². The average Bonchev–Trinajstić information content (AvgIpc) is 3.34. The Morgan fingerprint density at radius 1 is 1.10 bits per heavy atom. The summed E-state index contributed by atoms with van der Waals surface area (Å²) in [6, 6.07) is 8.75. The van der Waals surface area contributed by atoms with E-state index >= 15 is 0 Å². The van der Waals surface area contributed by atoms with Crippen LogP contribution in [0.5, 0.6) is 0 Å². The van der Waals surface area contributed by atoms with Crippen molar-refractivity contribution in [3.8, 4) is 0 Å². The first-order valence-corrected chi connectivity index (χ1v) is 9.54. The number of carbonyl (C=O) groups excluding carboxylic acids is 1. The summed E-state index contributed by atoms with van der Waals surface area (Å²) in [5.41, 5.74) is 0.288. The molecule has 3 aliphatic heterocycles. The molecule has 0 saturated carbocycles. The number of nitrogens with zero attached hydrogens (tertiary/aromatic N) is 5. The Bertz CT molecular complexity index is 1120. The van der Waals surface area contributed by atoms with E-state index in [9.17, 15) is 13.6 Å². The molecule has 3 fully saturated rings. The van der Waals surface area contributed by atoms with Gasteiger partial charge in [-0.3, -0.25) is 4.79 Å². The molecule has 148 valence electrons. The highest BCUT2D eigenvalue weighted by Crippen LogP contribution is 2.48. The zero-order valence-corrected chi connectivity index (χ0v) is 15.3. The van der Waals surface area contributed by atoms with Crippen LogP contribution in [0.3, 0.4) is 0 Å². The number of hydrogen-bond acceptors (Lipinski definition) is 5. The van der Waals surface area contributed by atoms with Crippen molar-refractivity contribution in [1.82, 2.24) is 19.5 Å². The fourth-order valence-corrected chi connectivity index (χ4v) is 4.82. The van der Waals surface area contributed by atoms with E-state index in [1.54, 1.807) is 9.42 Å². The fraction of sp³-hybridized carbons (Fsp3) is 0.350. The SMILES string of the molecule is O=C1N2[C@@H](CC[C@H]2c2cc(F)cc(F)c2)OC12CN(c1cccc3ncnn13)C2. The van der Waals surface area contributed by atoms with E-state index in [0.717, 1.165) is 17.5 Å². The summed E-state index contributed by atoms with van der Waals surface area (Å²) in [4.78, 5) is 21.2. The minimum absolute atomic E-state index is 0.114. The topological polar surface area (TPSA) is 63.0 Å². The highest BCUT2D eigenvalue weighted by atomic mass is 19.1. The first-order chi connectivity index (χ1) is 14.0. The van der Waals surface area contributed by atoms with Crippen LogP contribution in [0.15, 0.2) is 42.7 Å². The number of anilines is 1. The molecule has 9 heteroatoms. The van der Waals surface area contributed by atoms with Crippen LogP contribution >= 0.6 is 0 Å². The molecule has 0 N–H and O–H groups in total. The number of fused-ring (bicyclic) bond motifs is 2. The lowest BCUT2D eigenvalue weighted by atomic mass is 9.92. The first-order valence-electron chi connectivity index (χ1n) is 9.54. The molecule has 5 heterocycles. The van der Waals surface area contributed by atoms with E-state index in [0.29, 0.717) is 31.5 Å². The highest BCUT2D eigenvalue weighted by molar-refractivity contribution is 5.91. The lowest BCUT2D eigenvalue weighted by Gasteiger charge is -2.46. The Morgan fingerprint density at radius 2 is 1.90 bits per heavy atom. The van der Waals surface area contributed by atoms with Gasteiger partial charge in [-0.15, -0.1) is 0 Å². The van der Waals surface area contributed by atoms with Crippen molar-refractivity contribution >= 4 is 17.4 Å². The molecule has 0 aliphatic carbocycles. The zero-order valence-electron chi connectivity index (χ0n) is 15.3. The minimum atomic E-state index is -0.919. The maximum atomic E-state index is 13.7. The lowest BCUT2D eigenvalue weighted by Crippen LogP contribution is -2.67. The quantitative estimate of drug-likeness (QED) is 0.664. The van der Waals surface area contributed by atoms with Gasteiger partial charge in [-0.25, -0.2) is 13.8 Å². The largest absolute Gasteiger partial charge is 0.349 e. The Hall–Kier alpha value is -3.07. The van der Waals surface area contributed by atoms with Gasteiger partial charge in [-0.2, -0.15) is 9.61 Å². The number of pyridine rings is 1. The number of halogens is 2. The molecule has 0 bridgehead atoms. The van der Waals surface area contributed by atoms with Gasteiger partial charge in [0, 0.05) is 6.07 Å². The second-order valence-electron chi connectivity index (χ2n) is 7.85. The molecule has 7 nitrogen and oxygen atoms in total.